The highest BCUT2D eigenvalue weighted by atomic mass is 16.5. The van der Waals surface area contributed by atoms with Gasteiger partial charge in [-0.1, -0.05) is 0 Å². The summed E-state index contributed by atoms with van der Waals surface area (Å²) in [6.45, 7) is 7.66. The van der Waals surface area contributed by atoms with Crippen molar-refractivity contribution in [3.63, 3.8) is 0 Å². The fraction of sp³-hybridized carbons (Fsp3) is 1.00. The number of hydrogen-bond acceptors (Lipinski definition) is 5. The predicted molar refractivity (Wildman–Crippen MR) is 69.8 cm³/mol. The van der Waals surface area contributed by atoms with Gasteiger partial charge in [0.15, 0.2) is 0 Å². The van der Waals surface area contributed by atoms with E-state index in [4.69, 9.17) is 14.2 Å². The zero-order valence-corrected chi connectivity index (χ0v) is 11.6. The first-order chi connectivity index (χ1) is 8.68. The third-order valence-corrected chi connectivity index (χ3v) is 2.77. The number of aliphatic hydroxyl groups is 1. The van der Waals surface area contributed by atoms with Gasteiger partial charge in [0.25, 0.3) is 0 Å². The highest BCUT2D eigenvalue weighted by Gasteiger charge is 2.15. The molecule has 2 N–H and O–H groups in total. The van der Waals surface area contributed by atoms with Crippen LogP contribution in [-0.4, -0.2) is 62.9 Å². The SMILES string of the molecule is CC(C)OCCOCC(O)CNCC1CCCO1. The molecule has 1 heterocycles. The van der Waals surface area contributed by atoms with Crippen LogP contribution in [0.4, 0.5) is 0 Å². The maximum atomic E-state index is 9.66. The van der Waals surface area contributed by atoms with Crippen molar-refractivity contribution in [1.29, 1.82) is 0 Å². The summed E-state index contributed by atoms with van der Waals surface area (Å²) in [7, 11) is 0. The number of ether oxygens (including phenoxy) is 3. The minimum absolute atomic E-state index is 0.228. The third kappa shape index (κ3) is 8.00. The van der Waals surface area contributed by atoms with Gasteiger partial charge in [-0.3, -0.25) is 0 Å². The number of hydrogen-bond donors (Lipinski definition) is 2. The van der Waals surface area contributed by atoms with E-state index in [0.29, 0.717) is 32.5 Å². The molecule has 1 aliphatic heterocycles. The summed E-state index contributed by atoms with van der Waals surface area (Å²) >= 11 is 0. The van der Waals surface area contributed by atoms with Gasteiger partial charge in [0.1, 0.15) is 0 Å². The molecule has 1 saturated heterocycles. The van der Waals surface area contributed by atoms with Crippen LogP contribution in [0.3, 0.4) is 0 Å². The van der Waals surface area contributed by atoms with E-state index in [1.54, 1.807) is 0 Å². The van der Waals surface area contributed by atoms with Gasteiger partial charge < -0.3 is 24.6 Å². The van der Waals surface area contributed by atoms with Crippen molar-refractivity contribution in [3.8, 4) is 0 Å². The topological polar surface area (TPSA) is 60.0 Å². The Morgan fingerprint density at radius 3 is 2.89 bits per heavy atom. The van der Waals surface area contributed by atoms with E-state index in [1.165, 1.54) is 0 Å². The highest BCUT2D eigenvalue weighted by molar-refractivity contribution is 4.68. The van der Waals surface area contributed by atoms with Crippen LogP contribution in [0.15, 0.2) is 0 Å². The number of nitrogens with one attached hydrogen (secondary N) is 1. The zero-order valence-electron chi connectivity index (χ0n) is 11.6. The normalized spacial score (nSPS) is 21.7. The van der Waals surface area contributed by atoms with E-state index < -0.39 is 6.10 Å². The minimum atomic E-state index is -0.467. The van der Waals surface area contributed by atoms with Gasteiger partial charge in [0, 0.05) is 19.7 Å². The largest absolute Gasteiger partial charge is 0.389 e. The molecule has 0 bridgehead atoms. The summed E-state index contributed by atoms with van der Waals surface area (Å²) in [5.74, 6) is 0. The van der Waals surface area contributed by atoms with Gasteiger partial charge in [-0.05, 0) is 26.7 Å². The van der Waals surface area contributed by atoms with Gasteiger partial charge in [-0.15, -0.1) is 0 Å². The molecule has 5 nitrogen and oxygen atoms in total. The average molecular weight is 261 g/mol. The quantitative estimate of drug-likeness (QED) is 0.563. The molecule has 0 aliphatic carbocycles. The molecule has 0 saturated carbocycles. The lowest BCUT2D eigenvalue weighted by Gasteiger charge is -2.15. The van der Waals surface area contributed by atoms with E-state index in [9.17, 15) is 5.11 Å². The van der Waals surface area contributed by atoms with Gasteiger partial charge in [0.05, 0.1) is 38.1 Å². The van der Waals surface area contributed by atoms with Crippen LogP contribution in [0.25, 0.3) is 0 Å². The number of rotatable bonds is 10. The fourth-order valence-electron chi connectivity index (χ4n) is 1.84. The molecule has 1 fully saturated rings. The molecule has 0 aromatic rings. The summed E-state index contributed by atoms with van der Waals surface area (Å²) in [4.78, 5) is 0. The maximum absolute atomic E-state index is 9.66. The smallest absolute Gasteiger partial charge is 0.0897 e. The Morgan fingerprint density at radius 1 is 1.39 bits per heavy atom. The van der Waals surface area contributed by atoms with E-state index >= 15 is 0 Å². The second kappa shape index (κ2) is 9.69. The van der Waals surface area contributed by atoms with Crippen molar-refractivity contribution in [2.75, 3.05) is 39.5 Å². The Hall–Kier alpha value is -0.200. The molecule has 0 spiro atoms. The third-order valence-electron chi connectivity index (χ3n) is 2.77. The van der Waals surface area contributed by atoms with Gasteiger partial charge in [0.2, 0.25) is 0 Å². The first-order valence-corrected chi connectivity index (χ1v) is 6.88. The molecule has 2 unspecified atom stereocenters. The molecule has 0 radical (unpaired) electrons. The molecule has 108 valence electrons. The van der Waals surface area contributed by atoms with Crippen LogP contribution < -0.4 is 5.32 Å². The molecule has 1 rings (SSSR count). The first-order valence-electron chi connectivity index (χ1n) is 6.88. The molecular formula is C13H27NO4. The van der Waals surface area contributed by atoms with Gasteiger partial charge in [-0.2, -0.15) is 0 Å². The Kier molecular flexibility index (Phi) is 8.54. The Morgan fingerprint density at radius 2 is 2.22 bits per heavy atom. The summed E-state index contributed by atoms with van der Waals surface area (Å²) in [5.41, 5.74) is 0. The van der Waals surface area contributed by atoms with Gasteiger partial charge in [-0.25, -0.2) is 0 Å². The second-order valence-electron chi connectivity index (χ2n) is 4.94. The lowest BCUT2D eigenvalue weighted by molar-refractivity contribution is -0.0106. The van der Waals surface area contributed by atoms with Crippen molar-refractivity contribution in [1.82, 2.24) is 5.32 Å². The van der Waals surface area contributed by atoms with Crippen LogP contribution in [0.2, 0.25) is 0 Å². The molecular weight excluding hydrogens is 234 g/mol. The Balaban J connectivity index is 1.85. The van der Waals surface area contributed by atoms with E-state index in [0.717, 1.165) is 26.0 Å². The van der Waals surface area contributed by atoms with Crippen molar-refractivity contribution < 1.29 is 19.3 Å². The average Bonchev–Trinajstić information content (AvgIpc) is 2.81. The summed E-state index contributed by atoms with van der Waals surface area (Å²) in [5, 5.41) is 12.9. The fourth-order valence-corrected chi connectivity index (χ4v) is 1.84. The molecule has 0 aromatic heterocycles. The summed E-state index contributed by atoms with van der Waals surface area (Å²) in [6, 6.07) is 0. The zero-order chi connectivity index (χ0) is 13.2. The van der Waals surface area contributed by atoms with E-state index in [-0.39, 0.29) is 6.10 Å². The molecule has 2 atom stereocenters. The van der Waals surface area contributed by atoms with Gasteiger partial charge >= 0.3 is 0 Å². The predicted octanol–water partition coefficient (Wildman–Crippen LogP) is 0.558. The molecule has 0 aromatic carbocycles. The van der Waals surface area contributed by atoms with Crippen LogP contribution in [0, 0.1) is 0 Å². The lowest BCUT2D eigenvalue weighted by Crippen LogP contribution is -2.35. The second-order valence-corrected chi connectivity index (χ2v) is 4.94. The summed E-state index contributed by atoms with van der Waals surface area (Å²) in [6.07, 6.45) is 2.34. The minimum Gasteiger partial charge on any atom is -0.389 e. The van der Waals surface area contributed by atoms with Crippen molar-refractivity contribution >= 4 is 0 Å². The molecule has 18 heavy (non-hydrogen) atoms. The van der Waals surface area contributed by atoms with Crippen molar-refractivity contribution in [2.24, 2.45) is 0 Å². The Bertz CT molecular complexity index is 195. The molecule has 1 aliphatic rings. The summed E-state index contributed by atoms with van der Waals surface area (Å²) < 4.78 is 16.1. The van der Waals surface area contributed by atoms with Crippen LogP contribution in [0.5, 0.6) is 0 Å². The maximum Gasteiger partial charge on any atom is 0.0897 e. The van der Waals surface area contributed by atoms with Crippen LogP contribution in [0.1, 0.15) is 26.7 Å². The molecule has 5 heteroatoms. The first kappa shape index (κ1) is 15.9. The standard InChI is InChI=1S/C13H27NO4/c1-11(2)17-7-6-16-10-12(15)8-14-9-13-4-3-5-18-13/h11-15H,3-10H2,1-2H3. The van der Waals surface area contributed by atoms with Crippen LogP contribution in [-0.2, 0) is 14.2 Å². The lowest BCUT2D eigenvalue weighted by atomic mass is 10.2. The van der Waals surface area contributed by atoms with Crippen molar-refractivity contribution in [3.05, 3.63) is 0 Å². The molecule has 0 amide bonds. The van der Waals surface area contributed by atoms with Crippen LogP contribution >= 0.6 is 0 Å². The van der Waals surface area contributed by atoms with E-state index in [1.807, 2.05) is 13.8 Å². The Labute approximate surface area is 110 Å². The number of aliphatic hydroxyl groups excluding tert-OH is 1. The highest BCUT2D eigenvalue weighted by Crippen LogP contribution is 2.10. The monoisotopic (exact) mass is 261 g/mol. The van der Waals surface area contributed by atoms with E-state index in [2.05, 4.69) is 5.32 Å². The van der Waals surface area contributed by atoms with Crippen molar-refractivity contribution in [2.45, 2.75) is 45.0 Å².